The highest BCUT2D eigenvalue weighted by Crippen LogP contribution is 1.80. The Bertz CT molecular complexity index is 119. The van der Waals surface area contributed by atoms with E-state index >= 15 is 0 Å². The van der Waals surface area contributed by atoms with Crippen molar-refractivity contribution in [2.75, 3.05) is 0 Å². The standard InChI is InChI=1S/C8H18Si2/c1-9(2)7-5-6-8-10(3)4/h7-8H,5-6H2,1-4H3. The van der Waals surface area contributed by atoms with Gasteiger partial charge in [-0.2, -0.15) is 0 Å². The molecule has 0 bridgehead atoms. The molecule has 10 heavy (non-hydrogen) atoms. The average molecular weight is 170 g/mol. The van der Waals surface area contributed by atoms with Gasteiger partial charge in [0.2, 0.25) is 0 Å². The van der Waals surface area contributed by atoms with Crippen LogP contribution in [0.3, 0.4) is 0 Å². The first kappa shape index (κ1) is 10.2. The van der Waals surface area contributed by atoms with E-state index in [1.165, 1.54) is 12.8 Å². The number of unbranched alkanes of at least 4 members (excludes halogenated alkanes) is 1. The minimum absolute atomic E-state index is 0.0661. The maximum Gasteiger partial charge on any atom is -0.00132 e. The number of rotatable bonds is 3. The molecule has 0 aliphatic carbocycles. The quantitative estimate of drug-likeness (QED) is 0.449. The monoisotopic (exact) mass is 170 g/mol. The zero-order chi connectivity index (χ0) is 7.98. The van der Waals surface area contributed by atoms with Gasteiger partial charge in [0.25, 0.3) is 0 Å². The second kappa shape index (κ2) is 5.92. The summed E-state index contributed by atoms with van der Waals surface area (Å²) in [5, 5.41) is 0. The molecule has 0 unspecified atom stereocenters. The Morgan fingerprint density at radius 2 is 1.10 bits per heavy atom. The van der Waals surface area contributed by atoms with Crippen molar-refractivity contribution in [3.8, 4) is 0 Å². The molecule has 2 heteroatoms. The van der Waals surface area contributed by atoms with Gasteiger partial charge in [-0.1, -0.05) is 26.2 Å². The van der Waals surface area contributed by atoms with Crippen molar-refractivity contribution < 1.29 is 0 Å². The molecule has 0 aliphatic heterocycles. The van der Waals surface area contributed by atoms with Gasteiger partial charge in [-0.25, -0.2) is 0 Å². The highest BCUT2D eigenvalue weighted by Gasteiger charge is 1.80. The zero-order valence-electron chi connectivity index (χ0n) is 7.57. The Balaban J connectivity index is 3.39. The van der Waals surface area contributed by atoms with Crippen molar-refractivity contribution in [3.05, 3.63) is 0 Å². The molecule has 0 spiro atoms. The smallest absolute Gasteiger partial charge is 0.00132 e. The molecule has 0 radical (unpaired) electrons. The fourth-order valence-electron chi connectivity index (χ4n) is 0.744. The van der Waals surface area contributed by atoms with Crippen LogP contribution in [0.15, 0.2) is 0 Å². The second-order valence-corrected chi connectivity index (χ2v) is 8.27. The molecule has 0 saturated heterocycles. The van der Waals surface area contributed by atoms with Gasteiger partial charge >= 0.3 is 0 Å². The molecule has 0 saturated carbocycles. The van der Waals surface area contributed by atoms with Crippen LogP contribution in [-0.4, -0.2) is 28.2 Å². The van der Waals surface area contributed by atoms with Crippen LogP contribution in [0.4, 0.5) is 0 Å². The first-order chi connectivity index (χ1) is 4.63. The molecular formula is C8H18Si2. The Labute approximate surface area is 67.7 Å². The van der Waals surface area contributed by atoms with Crippen LogP contribution in [0.5, 0.6) is 0 Å². The Morgan fingerprint density at radius 3 is 1.30 bits per heavy atom. The molecule has 0 aromatic rings. The molecule has 0 aromatic carbocycles. The molecule has 0 fully saturated rings. The molecule has 58 valence electrons. The third-order valence-corrected chi connectivity index (χ3v) is 3.48. The van der Waals surface area contributed by atoms with Gasteiger partial charge in [0.1, 0.15) is 0 Å². The summed E-state index contributed by atoms with van der Waals surface area (Å²) >= 11 is 0. The van der Waals surface area contributed by atoms with Gasteiger partial charge in [0.05, 0.1) is 0 Å². The number of hydrogen-bond donors (Lipinski definition) is 0. The summed E-state index contributed by atoms with van der Waals surface area (Å²) in [4.78, 5) is 0. The van der Waals surface area contributed by atoms with Crippen LogP contribution < -0.4 is 0 Å². The Kier molecular flexibility index (Phi) is 6.02. The predicted molar refractivity (Wildman–Crippen MR) is 56.3 cm³/mol. The van der Waals surface area contributed by atoms with Gasteiger partial charge in [-0.3, -0.25) is 0 Å². The van der Waals surface area contributed by atoms with E-state index in [9.17, 15) is 0 Å². The van der Waals surface area contributed by atoms with Gasteiger partial charge in [0, 0.05) is 0 Å². The van der Waals surface area contributed by atoms with E-state index < -0.39 is 0 Å². The third-order valence-electron chi connectivity index (χ3n) is 1.27. The normalized spacial score (nSPS) is 8.80. The SMILES string of the molecule is C[Si](C)=CCCC=[Si](C)C. The lowest BCUT2D eigenvalue weighted by Gasteiger charge is -1.89. The lowest BCUT2D eigenvalue weighted by molar-refractivity contribution is 1.23. The summed E-state index contributed by atoms with van der Waals surface area (Å²) in [7, 11) is -0.132. The van der Waals surface area contributed by atoms with Gasteiger partial charge in [-0.15, -0.1) is 11.3 Å². The van der Waals surface area contributed by atoms with Crippen molar-refractivity contribution in [2.24, 2.45) is 0 Å². The fraction of sp³-hybridized carbons (Fsp3) is 0.750. The van der Waals surface area contributed by atoms with E-state index in [0.717, 1.165) is 0 Å². The highest BCUT2D eigenvalue weighted by molar-refractivity contribution is 6.65. The highest BCUT2D eigenvalue weighted by atomic mass is 28.2. The molecule has 0 atom stereocenters. The summed E-state index contributed by atoms with van der Waals surface area (Å²) in [6, 6.07) is 0. The van der Waals surface area contributed by atoms with Crippen molar-refractivity contribution in [1.29, 1.82) is 0 Å². The zero-order valence-corrected chi connectivity index (χ0v) is 9.57. The van der Waals surface area contributed by atoms with Gasteiger partial charge in [0.15, 0.2) is 0 Å². The largest absolute Gasteiger partial charge is 0.104 e. The van der Waals surface area contributed by atoms with Gasteiger partial charge in [-0.05, 0) is 29.7 Å². The lowest BCUT2D eigenvalue weighted by atomic mass is 10.4. The van der Waals surface area contributed by atoms with E-state index in [1.54, 1.807) is 0 Å². The molecule has 0 heterocycles. The molecule has 0 amide bonds. The van der Waals surface area contributed by atoms with E-state index in [0.29, 0.717) is 0 Å². The lowest BCUT2D eigenvalue weighted by Crippen LogP contribution is -1.95. The topological polar surface area (TPSA) is 0 Å². The summed E-state index contributed by atoms with van der Waals surface area (Å²) in [6.45, 7) is 9.37. The molecule has 0 aliphatic rings. The van der Waals surface area contributed by atoms with Crippen LogP contribution in [0.1, 0.15) is 12.8 Å². The Morgan fingerprint density at radius 1 is 0.800 bits per heavy atom. The number of hydrogen-bond acceptors (Lipinski definition) is 0. The molecule has 0 aromatic heterocycles. The van der Waals surface area contributed by atoms with E-state index in [-0.39, 0.29) is 16.8 Å². The molecule has 0 N–H and O–H groups in total. The van der Waals surface area contributed by atoms with Crippen LogP contribution >= 0.6 is 0 Å². The minimum Gasteiger partial charge on any atom is -0.104 e. The van der Waals surface area contributed by atoms with E-state index in [2.05, 4.69) is 37.5 Å². The first-order valence-corrected chi connectivity index (χ1v) is 9.05. The van der Waals surface area contributed by atoms with Crippen molar-refractivity contribution in [1.82, 2.24) is 0 Å². The summed E-state index contributed by atoms with van der Waals surface area (Å²) in [5.74, 6) is 0. The van der Waals surface area contributed by atoms with Crippen LogP contribution in [-0.2, 0) is 0 Å². The minimum atomic E-state index is -0.0661. The van der Waals surface area contributed by atoms with E-state index in [4.69, 9.17) is 0 Å². The fourth-order valence-corrected chi connectivity index (χ4v) is 2.23. The second-order valence-electron chi connectivity index (χ2n) is 3.14. The summed E-state index contributed by atoms with van der Waals surface area (Å²) in [6.07, 6.45) is 2.63. The first-order valence-electron chi connectivity index (χ1n) is 3.89. The summed E-state index contributed by atoms with van der Waals surface area (Å²) in [5.41, 5.74) is 4.98. The Hall–Kier alpha value is 0.174. The van der Waals surface area contributed by atoms with Gasteiger partial charge < -0.3 is 0 Å². The van der Waals surface area contributed by atoms with Crippen LogP contribution in [0.2, 0.25) is 26.2 Å². The van der Waals surface area contributed by atoms with Crippen LogP contribution in [0, 0.1) is 0 Å². The third kappa shape index (κ3) is 8.17. The molecule has 0 rings (SSSR count). The molecule has 0 nitrogen and oxygen atoms in total. The summed E-state index contributed by atoms with van der Waals surface area (Å²) < 4.78 is 0. The maximum absolute atomic E-state index is 2.49. The average Bonchev–Trinajstić information content (AvgIpc) is 1.79. The maximum atomic E-state index is 2.49. The molecular weight excluding hydrogens is 152 g/mol. The van der Waals surface area contributed by atoms with Crippen LogP contribution in [0.25, 0.3) is 0 Å². The predicted octanol–water partition coefficient (Wildman–Crippen LogP) is 2.04. The van der Waals surface area contributed by atoms with Crippen molar-refractivity contribution >= 4 is 28.2 Å². The van der Waals surface area contributed by atoms with Crippen molar-refractivity contribution in [2.45, 2.75) is 39.0 Å². The van der Waals surface area contributed by atoms with Crippen molar-refractivity contribution in [3.63, 3.8) is 0 Å². The van der Waals surface area contributed by atoms with E-state index in [1.807, 2.05) is 0 Å².